The number of ether oxygens (including phenoxy) is 1. The van der Waals surface area contributed by atoms with Gasteiger partial charge in [-0.15, -0.1) is 0 Å². The van der Waals surface area contributed by atoms with Gasteiger partial charge in [0.1, 0.15) is 6.23 Å². The fourth-order valence-corrected chi connectivity index (χ4v) is 1.48. The van der Waals surface area contributed by atoms with Gasteiger partial charge in [-0.2, -0.15) is 0 Å². The molecule has 1 atom stereocenters. The quantitative estimate of drug-likeness (QED) is 0.705. The molecule has 2 rings (SSSR count). The number of benzene rings is 1. The lowest BCUT2D eigenvalue weighted by Gasteiger charge is -2.16. The molecule has 0 aliphatic carbocycles. The second-order valence-electron chi connectivity index (χ2n) is 4.06. The Kier molecular flexibility index (Phi) is 2.10. The van der Waals surface area contributed by atoms with E-state index >= 15 is 0 Å². The highest BCUT2D eigenvalue weighted by atomic mass is 16.5. The van der Waals surface area contributed by atoms with Gasteiger partial charge in [0.25, 0.3) is 0 Å². The maximum Gasteiger partial charge on any atom is 0.134 e. The average molecular weight is 176 g/mol. The van der Waals surface area contributed by atoms with Gasteiger partial charge >= 0.3 is 0 Å². The van der Waals surface area contributed by atoms with Gasteiger partial charge in [-0.3, -0.25) is 5.32 Å². The van der Waals surface area contributed by atoms with Crippen LogP contribution in [0.3, 0.4) is 0 Å². The average Bonchev–Trinajstić information content (AvgIpc) is 2.48. The summed E-state index contributed by atoms with van der Waals surface area (Å²) < 4.78 is 5.62. The van der Waals surface area contributed by atoms with E-state index in [0.29, 0.717) is 0 Å². The van der Waals surface area contributed by atoms with Crippen LogP contribution in [0, 0.1) is 6.07 Å². The lowest BCUT2D eigenvalue weighted by molar-refractivity contribution is 0.0989. The zero-order valence-electron chi connectivity index (χ0n) is 8.00. The smallest absolute Gasteiger partial charge is 0.134 e. The zero-order valence-corrected chi connectivity index (χ0v) is 8.00. The third-order valence-electron chi connectivity index (χ3n) is 2.17. The van der Waals surface area contributed by atoms with Crippen molar-refractivity contribution >= 4 is 0 Å². The van der Waals surface area contributed by atoms with E-state index in [1.165, 1.54) is 0 Å². The van der Waals surface area contributed by atoms with Crippen molar-refractivity contribution in [1.82, 2.24) is 5.32 Å². The van der Waals surface area contributed by atoms with Crippen LogP contribution in [0.5, 0.6) is 0 Å². The van der Waals surface area contributed by atoms with Crippen molar-refractivity contribution in [2.75, 3.05) is 6.61 Å². The van der Waals surface area contributed by atoms with Crippen LogP contribution in [0.1, 0.15) is 25.6 Å². The lowest BCUT2D eigenvalue weighted by atomic mass is 10.1. The molecular formula is C11H14NO. The maximum absolute atomic E-state index is 5.62. The van der Waals surface area contributed by atoms with Crippen LogP contribution in [0.15, 0.2) is 24.3 Å². The molecule has 1 aromatic rings. The van der Waals surface area contributed by atoms with Crippen LogP contribution >= 0.6 is 0 Å². The second kappa shape index (κ2) is 3.13. The summed E-state index contributed by atoms with van der Waals surface area (Å²) in [4.78, 5) is 0. The van der Waals surface area contributed by atoms with Crippen molar-refractivity contribution in [3.63, 3.8) is 0 Å². The molecule has 13 heavy (non-hydrogen) atoms. The fourth-order valence-electron chi connectivity index (χ4n) is 1.48. The summed E-state index contributed by atoms with van der Waals surface area (Å²) in [5, 5.41) is 3.40. The highest BCUT2D eigenvalue weighted by Crippen LogP contribution is 2.25. The number of hydrogen-bond acceptors (Lipinski definition) is 2. The van der Waals surface area contributed by atoms with Crippen molar-refractivity contribution in [2.24, 2.45) is 0 Å². The molecule has 1 unspecified atom stereocenters. The first-order chi connectivity index (χ1) is 6.17. The van der Waals surface area contributed by atoms with E-state index in [0.717, 1.165) is 12.2 Å². The largest absolute Gasteiger partial charge is 0.357 e. The number of hydrogen-bond donors (Lipinski definition) is 1. The van der Waals surface area contributed by atoms with Crippen LogP contribution < -0.4 is 5.32 Å². The molecule has 0 aromatic heterocycles. The Balaban J connectivity index is 2.13. The third-order valence-corrected chi connectivity index (χ3v) is 2.17. The molecule has 0 spiro atoms. The minimum atomic E-state index is 0.0347. The summed E-state index contributed by atoms with van der Waals surface area (Å²) in [6.45, 7) is 5.03. The Hall–Kier alpha value is -0.860. The molecule has 1 N–H and O–H groups in total. The molecule has 1 aliphatic heterocycles. The molecule has 1 heterocycles. The SMILES string of the molecule is CC1(C)COC(c2c[c]ccc2)N1. The Bertz CT molecular complexity index is 281. The van der Waals surface area contributed by atoms with Gasteiger partial charge in [0.2, 0.25) is 0 Å². The summed E-state index contributed by atoms with van der Waals surface area (Å²) in [7, 11) is 0. The Morgan fingerprint density at radius 3 is 3.00 bits per heavy atom. The molecule has 1 saturated heterocycles. The summed E-state index contributed by atoms with van der Waals surface area (Å²) in [5.74, 6) is 0. The number of nitrogens with one attached hydrogen (secondary N) is 1. The topological polar surface area (TPSA) is 21.3 Å². The molecule has 1 fully saturated rings. The van der Waals surface area contributed by atoms with Crippen molar-refractivity contribution in [3.8, 4) is 0 Å². The van der Waals surface area contributed by atoms with Crippen LogP contribution in [0.4, 0.5) is 0 Å². The minimum Gasteiger partial charge on any atom is -0.357 e. The Morgan fingerprint density at radius 1 is 1.62 bits per heavy atom. The zero-order chi connectivity index (χ0) is 9.31. The highest BCUT2D eigenvalue weighted by Gasteiger charge is 2.31. The normalized spacial score (nSPS) is 26.2. The van der Waals surface area contributed by atoms with E-state index in [-0.39, 0.29) is 11.8 Å². The van der Waals surface area contributed by atoms with E-state index < -0.39 is 0 Å². The molecule has 69 valence electrons. The van der Waals surface area contributed by atoms with E-state index in [9.17, 15) is 0 Å². The molecule has 0 amide bonds. The first kappa shape index (κ1) is 8.73. The maximum atomic E-state index is 5.62. The predicted molar refractivity (Wildman–Crippen MR) is 51.2 cm³/mol. The fraction of sp³-hybridized carbons (Fsp3) is 0.455. The van der Waals surface area contributed by atoms with Crippen molar-refractivity contribution in [1.29, 1.82) is 0 Å². The molecule has 2 heteroatoms. The molecular weight excluding hydrogens is 162 g/mol. The molecule has 0 saturated carbocycles. The second-order valence-corrected chi connectivity index (χ2v) is 4.06. The van der Waals surface area contributed by atoms with Gasteiger partial charge < -0.3 is 4.74 Å². The molecule has 0 bridgehead atoms. The molecule has 1 aliphatic rings. The van der Waals surface area contributed by atoms with Gasteiger partial charge in [0, 0.05) is 5.54 Å². The van der Waals surface area contributed by atoms with Gasteiger partial charge in [-0.25, -0.2) is 0 Å². The standard InChI is InChI=1S/C11H14NO/c1-11(2)8-13-10(12-11)9-6-4-3-5-7-9/h3-4,6-7,10,12H,8H2,1-2H3. The van der Waals surface area contributed by atoms with Gasteiger partial charge in [-0.1, -0.05) is 18.2 Å². The summed E-state index contributed by atoms with van der Waals surface area (Å²) >= 11 is 0. The monoisotopic (exact) mass is 176 g/mol. The van der Waals surface area contributed by atoms with Crippen LogP contribution in [0.25, 0.3) is 0 Å². The third kappa shape index (κ3) is 1.90. The Morgan fingerprint density at radius 2 is 2.46 bits per heavy atom. The summed E-state index contributed by atoms with van der Waals surface area (Å²) in [6, 6.07) is 10.9. The van der Waals surface area contributed by atoms with E-state index in [2.05, 4.69) is 31.3 Å². The predicted octanol–water partition coefficient (Wildman–Crippen LogP) is 1.88. The van der Waals surface area contributed by atoms with Gasteiger partial charge in [0.15, 0.2) is 0 Å². The van der Waals surface area contributed by atoms with E-state index in [1.807, 2.05) is 18.2 Å². The first-order valence-electron chi connectivity index (χ1n) is 4.53. The van der Waals surface area contributed by atoms with Crippen LogP contribution in [-0.4, -0.2) is 12.1 Å². The van der Waals surface area contributed by atoms with Crippen LogP contribution in [0.2, 0.25) is 0 Å². The van der Waals surface area contributed by atoms with Crippen LogP contribution in [-0.2, 0) is 4.74 Å². The van der Waals surface area contributed by atoms with Gasteiger partial charge in [0.05, 0.1) is 6.61 Å². The Labute approximate surface area is 78.9 Å². The summed E-state index contributed by atoms with van der Waals surface area (Å²) in [6.07, 6.45) is 0.0347. The highest BCUT2D eigenvalue weighted by molar-refractivity contribution is 5.17. The van der Waals surface area contributed by atoms with Crippen molar-refractivity contribution in [2.45, 2.75) is 25.6 Å². The van der Waals surface area contributed by atoms with Crippen molar-refractivity contribution < 1.29 is 4.74 Å². The summed E-state index contributed by atoms with van der Waals surface area (Å²) in [5.41, 5.74) is 1.23. The molecule has 1 aromatic carbocycles. The molecule has 2 nitrogen and oxygen atoms in total. The van der Waals surface area contributed by atoms with E-state index in [1.54, 1.807) is 0 Å². The number of rotatable bonds is 1. The first-order valence-corrected chi connectivity index (χ1v) is 4.53. The molecule has 1 radical (unpaired) electrons. The van der Waals surface area contributed by atoms with Gasteiger partial charge in [-0.05, 0) is 31.5 Å². The minimum absolute atomic E-state index is 0.0347. The van der Waals surface area contributed by atoms with E-state index in [4.69, 9.17) is 4.74 Å². The lowest BCUT2D eigenvalue weighted by Crippen LogP contribution is -2.35. The van der Waals surface area contributed by atoms with Crippen molar-refractivity contribution in [3.05, 3.63) is 35.9 Å².